The van der Waals surface area contributed by atoms with E-state index in [1.54, 1.807) is 0 Å². The van der Waals surface area contributed by atoms with Crippen LogP contribution in [-0.2, 0) is 0 Å². The van der Waals surface area contributed by atoms with Gasteiger partial charge in [0.15, 0.2) is 0 Å². The Hall–Kier alpha value is 0.220. The van der Waals surface area contributed by atoms with E-state index in [0.717, 1.165) is 0 Å². The van der Waals surface area contributed by atoms with Crippen LogP contribution >= 0.6 is 0 Å². The molecular formula is C12H19Na. The molecule has 1 aromatic rings. The molecule has 0 radical (unpaired) electrons. The van der Waals surface area contributed by atoms with Gasteiger partial charge in [-0.15, -0.1) is 0 Å². The zero-order valence-corrected chi connectivity index (χ0v) is 11.5. The van der Waals surface area contributed by atoms with Gasteiger partial charge in [0, 0.05) is 0 Å². The Morgan fingerprint density at radius 2 is 1.15 bits per heavy atom. The number of rotatable bonds is 2. The number of hydrogen-bond acceptors (Lipinski definition) is 0. The van der Waals surface area contributed by atoms with Gasteiger partial charge in [0.05, 0.1) is 0 Å². The SMILES string of the molecule is CC(C)c1ccccc1C(C)C.[H-].[Na+]. The normalized spacial score (nSPS) is 10.3. The molecule has 0 aromatic heterocycles. The van der Waals surface area contributed by atoms with E-state index in [2.05, 4.69) is 52.0 Å². The zero-order valence-electron chi connectivity index (χ0n) is 10.5. The van der Waals surface area contributed by atoms with E-state index >= 15 is 0 Å². The predicted molar refractivity (Wildman–Crippen MR) is 55.7 cm³/mol. The van der Waals surface area contributed by atoms with Crippen LogP contribution in [0.25, 0.3) is 0 Å². The smallest absolute Gasteiger partial charge is 1.00 e. The summed E-state index contributed by atoms with van der Waals surface area (Å²) in [5, 5.41) is 0. The summed E-state index contributed by atoms with van der Waals surface area (Å²) >= 11 is 0. The maximum absolute atomic E-state index is 2.25. The fourth-order valence-electron chi connectivity index (χ4n) is 1.56. The Balaban J connectivity index is 0. The average Bonchev–Trinajstić information content (AvgIpc) is 2.04. The first-order chi connectivity index (χ1) is 5.63. The molecule has 0 aliphatic heterocycles. The summed E-state index contributed by atoms with van der Waals surface area (Å²) in [4.78, 5) is 0. The Labute approximate surface area is 106 Å². The van der Waals surface area contributed by atoms with Crippen molar-refractivity contribution in [3.8, 4) is 0 Å². The van der Waals surface area contributed by atoms with Crippen LogP contribution in [0.1, 0.15) is 52.1 Å². The molecule has 0 aliphatic carbocycles. The predicted octanol–water partition coefficient (Wildman–Crippen LogP) is 1.05. The van der Waals surface area contributed by atoms with Crippen LogP contribution in [0, 0.1) is 0 Å². The molecule has 0 nitrogen and oxygen atoms in total. The van der Waals surface area contributed by atoms with E-state index in [0.29, 0.717) is 11.8 Å². The molecule has 0 amide bonds. The molecule has 0 unspecified atom stereocenters. The van der Waals surface area contributed by atoms with Crippen LogP contribution in [0.3, 0.4) is 0 Å². The average molecular weight is 186 g/mol. The van der Waals surface area contributed by atoms with Crippen LogP contribution in [0.5, 0.6) is 0 Å². The van der Waals surface area contributed by atoms with Crippen molar-refractivity contribution < 1.29 is 31.0 Å². The molecular weight excluding hydrogens is 167 g/mol. The van der Waals surface area contributed by atoms with Crippen molar-refractivity contribution >= 4 is 0 Å². The van der Waals surface area contributed by atoms with Gasteiger partial charge >= 0.3 is 29.6 Å². The first-order valence-electron chi connectivity index (χ1n) is 4.71. The molecule has 0 saturated carbocycles. The van der Waals surface area contributed by atoms with E-state index < -0.39 is 0 Å². The minimum atomic E-state index is 0. The van der Waals surface area contributed by atoms with Gasteiger partial charge in [0.2, 0.25) is 0 Å². The Bertz CT molecular complexity index is 229. The fraction of sp³-hybridized carbons (Fsp3) is 0.500. The van der Waals surface area contributed by atoms with Crippen LogP contribution in [0.2, 0.25) is 0 Å². The van der Waals surface area contributed by atoms with Gasteiger partial charge in [-0.25, -0.2) is 0 Å². The summed E-state index contributed by atoms with van der Waals surface area (Å²) in [5.74, 6) is 1.28. The minimum Gasteiger partial charge on any atom is -1.00 e. The molecule has 1 heteroatoms. The molecule has 68 valence electrons. The van der Waals surface area contributed by atoms with Crippen LogP contribution in [-0.4, -0.2) is 0 Å². The molecule has 0 N–H and O–H groups in total. The van der Waals surface area contributed by atoms with Crippen molar-refractivity contribution in [3.63, 3.8) is 0 Å². The van der Waals surface area contributed by atoms with Crippen molar-refractivity contribution in [3.05, 3.63) is 35.4 Å². The molecule has 0 aliphatic rings. The minimum absolute atomic E-state index is 0. The monoisotopic (exact) mass is 186 g/mol. The van der Waals surface area contributed by atoms with Crippen LogP contribution in [0.4, 0.5) is 0 Å². The van der Waals surface area contributed by atoms with Gasteiger partial charge in [-0.05, 0) is 23.0 Å². The van der Waals surface area contributed by atoms with Gasteiger partial charge in [-0.1, -0.05) is 52.0 Å². The van der Waals surface area contributed by atoms with Crippen LogP contribution < -0.4 is 29.6 Å². The van der Waals surface area contributed by atoms with Gasteiger partial charge in [0.1, 0.15) is 0 Å². The molecule has 13 heavy (non-hydrogen) atoms. The van der Waals surface area contributed by atoms with E-state index in [4.69, 9.17) is 0 Å². The summed E-state index contributed by atoms with van der Waals surface area (Å²) in [6, 6.07) is 8.72. The number of benzene rings is 1. The van der Waals surface area contributed by atoms with Crippen molar-refractivity contribution in [2.45, 2.75) is 39.5 Å². The second-order valence-electron chi connectivity index (χ2n) is 3.94. The van der Waals surface area contributed by atoms with Gasteiger partial charge < -0.3 is 1.43 Å². The van der Waals surface area contributed by atoms with Crippen molar-refractivity contribution in [2.24, 2.45) is 0 Å². The Morgan fingerprint density at radius 1 is 0.846 bits per heavy atom. The fourth-order valence-corrected chi connectivity index (χ4v) is 1.56. The molecule has 1 rings (SSSR count). The van der Waals surface area contributed by atoms with E-state index in [1.165, 1.54) is 11.1 Å². The third-order valence-corrected chi connectivity index (χ3v) is 2.24. The maximum Gasteiger partial charge on any atom is 1.00 e. The zero-order chi connectivity index (χ0) is 9.14. The molecule has 0 saturated heterocycles. The van der Waals surface area contributed by atoms with E-state index in [9.17, 15) is 0 Å². The van der Waals surface area contributed by atoms with Crippen molar-refractivity contribution in [1.82, 2.24) is 0 Å². The van der Waals surface area contributed by atoms with Crippen LogP contribution in [0.15, 0.2) is 24.3 Å². The van der Waals surface area contributed by atoms with Gasteiger partial charge in [0.25, 0.3) is 0 Å². The third kappa shape index (κ3) is 3.46. The molecule has 0 heterocycles. The Kier molecular flexibility index (Phi) is 5.95. The summed E-state index contributed by atoms with van der Waals surface area (Å²) in [6.45, 7) is 9.00. The first-order valence-corrected chi connectivity index (χ1v) is 4.71. The Morgan fingerprint density at radius 3 is 1.38 bits per heavy atom. The topological polar surface area (TPSA) is 0 Å². The van der Waals surface area contributed by atoms with Gasteiger partial charge in [-0.3, -0.25) is 0 Å². The van der Waals surface area contributed by atoms with Gasteiger partial charge in [-0.2, -0.15) is 0 Å². The first kappa shape index (κ1) is 13.2. The van der Waals surface area contributed by atoms with Crippen molar-refractivity contribution in [2.75, 3.05) is 0 Å². The molecule has 1 aromatic carbocycles. The molecule has 0 spiro atoms. The molecule has 0 bridgehead atoms. The quantitative estimate of drug-likeness (QED) is 0.606. The summed E-state index contributed by atoms with van der Waals surface area (Å²) in [6.07, 6.45) is 0. The molecule has 0 atom stereocenters. The summed E-state index contributed by atoms with van der Waals surface area (Å²) in [7, 11) is 0. The largest absolute Gasteiger partial charge is 1.00 e. The van der Waals surface area contributed by atoms with E-state index in [-0.39, 0.29) is 31.0 Å². The summed E-state index contributed by atoms with van der Waals surface area (Å²) < 4.78 is 0. The van der Waals surface area contributed by atoms with E-state index in [1.807, 2.05) is 0 Å². The number of hydrogen-bond donors (Lipinski definition) is 0. The van der Waals surface area contributed by atoms with Crippen molar-refractivity contribution in [1.29, 1.82) is 0 Å². The maximum atomic E-state index is 2.25. The summed E-state index contributed by atoms with van der Waals surface area (Å²) in [5.41, 5.74) is 2.99. The molecule has 0 fully saturated rings. The third-order valence-electron chi connectivity index (χ3n) is 2.24. The second kappa shape index (κ2) is 5.85. The second-order valence-corrected chi connectivity index (χ2v) is 3.94. The standard InChI is InChI=1S/C12H18.Na.H/c1-9(2)11-7-5-6-8-12(11)10(3)4;;/h5-10H,1-4H3;;/q;+1;-1.